The number of rotatable bonds is 2. The van der Waals surface area contributed by atoms with Crippen molar-refractivity contribution in [2.45, 2.75) is 18.5 Å². The van der Waals surface area contributed by atoms with Crippen LogP contribution in [0.2, 0.25) is 0 Å². The lowest BCUT2D eigenvalue weighted by Crippen LogP contribution is -2.40. The smallest absolute Gasteiger partial charge is 0.242 e. The minimum absolute atomic E-state index is 0.0476. The van der Waals surface area contributed by atoms with Crippen LogP contribution in [-0.4, -0.2) is 23.0 Å². The fraction of sp³-hybridized carbons (Fsp3) is 0.333. The largest absolute Gasteiger partial charge is 0.309 e. The fourth-order valence-electron chi connectivity index (χ4n) is 2.05. The van der Waals surface area contributed by atoms with E-state index in [-0.39, 0.29) is 18.0 Å². The highest BCUT2D eigenvalue weighted by molar-refractivity contribution is 9.10. The summed E-state index contributed by atoms with van der Waals surface area (Å²) in [6, 6.07) is 5.46. The first-order chi connectivity index (χ1) is 8.22. The van der Waals surface area contributed by atoms with E-state index in [2.05, 4.69) is 43.4 Å². The predicted molar refractivity (Wildman–Crippen MR) is 67.2 cm³/mol. The minimum atomic E-state index is -0.173. The molecule has 2 aliphatic rings. The average Bonchev–Trinajstić information content (AvgIpc) is 2.55. The lowest BCUT2D eigenvalue weighted by Gasteiger charge is -2.14. The molecule has 1 saturated heterocycles. The van der Waals surface area contributed by atoms with Crippen LogP contribution in [0.15, 0.2) is 22.8 Å². The van der Waals surface area contributed by atoms with E-state index in [1.165, 1.54) is 0 Å². The summed E-state index contributed by atoms with van der Waals surface area (Å²) >= 11 is 3.27. The maximum atomic E-state index is 12.0. The molecule has 86 valence electrons. The molecular formula is C12H10BrN3O. The molecule has 4 nitrogen and oxygen atoms in total. The van der Waals surface area contributed by atoms with Crippen molar-refractivity contribution < 1.29 is 4.79 Å². The van der Waals surface area contributed by atoms with Crippen LogP contribution >= 0.6 is 15.9 Å². The molecule has 0 spiro atoms. The van der Waals surface area contributed by atoms with E-state index in [0.29, 0.717) is 16.3 Å². The third-order valence-corrected chi connectivity index (χ3v) is 3.42. The lowest BCUT2D eigenvalue weighted by molar-refractivity contribution is -0.117. The first-order valence-electron chi connectivity index (χ1n) is 5.43. The minimum Gasteiger partial charge on any atom is -0.309 e. The number of hydrogen-bond acceptors (Lipinski definition) is 3. The van der Waals surface area contributed by atoms with Gasteiger partial charge in [-0.15, -0.1) is 0 Å². The van der Waals surface area contributed by atoms with Gasteiger partial charge in [-0.1, -0.05) is 17.9 Å². The average molecular weight is 292 g/mol. The molecule has 0 aromatic carbocycles. The number of halogens is 1. The van der Waals surface area contributed by atoms with Gasteiger partial charge < -0.3 is 5.32 Å². The van der Waals surface area contributed by atoms with Crippen molar-refractivity contribution in [2.75, 3.05) is 5.32 Å². The number of hydrogen-bond donors (Lipinski definition) is 2. The topological polar surface area (TPSA) is 54.0 Å². The second kappa shape index (κ2) is 4.13. The monoisotopic (exact) mass is 291 g/mol. The molecule has 1 amide bonds. The number of carbonyl (C=O) groups excluding carboxylic acids is 1. The number of anilines is 1. The van der Waals surface area contributed by atoms with Gasteiger partial charge in [0, 0.05) is 5.92 Å². The molecule has 1 aromatic heterocycles. The van der Waals surface area contributed by atoms with Gasteiger partial charge in [0.1, 0.15) is 10.4 Å². The molecule has 2 N–H and O–H groups in total. The number of nitrogens with one attached hydrogen (secondary N) is 2. The Kier molecular flexibility index (Phi) is 2.61. The molecule has 2 heterocycles. The van der Waals surface area contributed by atoms with Crippen molar-refractivity contribution in [3.05, 3.63) is 22.8 Å². The number of fused-ring (bicyclic) bond motifs is 1. The molecule has 3 unspecified atom stereocenters. The molecule has 3 rings (SSSR count). The SMILES string of the molecule is O=C(Nc1cccc(Br)n1)C1CC2C#CC2N1. The van der Waals surface area contributed by atoms with Gasteiger partial charge >= 0.3 is 0 Å². The van der Waals surface area contributed by atoms with Crippen molar-refractivity contribution in [3.8, 4) is 11.8 Å². The van der Waals surface area contributed by atoms with Crippen molar-refractivity contribution in [2.24, 2.45) is 5.92 Å². The Morgan fingerprint density at radius 2 is 2.41 bits per heavy atom. The number of nitrogens with zero attached hydrogens (tertiary/aromatic N) is 1. The maximum absolute atomic E-state index is 12.0. The van der Waals surface area contributed by atoms with E-state index in [1.54, 1.807) is 6.07 Å². The van der Waals surface area contributed by atoms with Gasteiger partial charge in [0.25, 0.3) is 0 Å². The van der Waals surface area contributed by atoms with Crippen molar-refractivity contribution >= 4 is 27.7 Å². The van der Waals surface area contributed by atoms with E-state index in [1.807, 2.05) is 12.1 Å². The number of aromatic nitrogens is 1. The zero-order valence-electron chi connectivity index (χ0n) is 8.90. The quantitative estimate of drug-likeness (QED) is 0.635. The van der Waals surface area contributed by atoms with E-state index in [9.17, 15) is 4.79 Å². The van der Waals surface area contributed by atoms with Crippen LogP contribution in [0.4, 0.5) is 5.82 Å². The van der Waals surface area contributed by atoms with E-state index in [4.69, 9.17) is 0 Å². The number of amides is 1. The highest BCUT2D eigenvalue weighted by atomic mass is 79.9. The van der Waals surface area contributed by atoms with E-state index >= 15 is 0 Å². The normalized spacial score (nSPS) is 28.6. The first kappa shape index (κ1) is 10.8. The maximum Gasteiger partial charge on any atom is 0.242 e. The molecule has 0 saturated carbocycles. The van der Waals surface area contributed by atoms with Crippen LogP contribution < -0.4 is 10.6 Å². The summed E-state index contributed by atoms with van der Waals surface area (Å²) in [5.41, 5.74) is 0. The summed E-state index contributed by atoms with van der Waals surface area (Å²) in [7, 11) is 0. The Labute approximate surface area is 107 Å². The summed E-state index contributed by atoms with van der Waals surface area (Å²) in [5.74, 6) is 6.91. The van der Waals surface area contributed by atoms with Crippen LogP contribution in [0.1, 0.15) is 6.42 Å². The van der Waals surface area contributed by atoms with Gasteiger partial charge in [0.05, 0.1) is 12.1 Å². The van der Waals surface area contributed by atoms with Gasteiger partial charge in [-0.2, -0.15) is 0 Å². The predicted octanol–water partition coefficient (Wildman–Crippen LogP) is 1.15. The zero-order valence-corrected chi connectivity index (χ0v) is 10.5. The summed E-state index contributed by atoms with van der Waals surface area (Å²) in [6.45, 7) is 0. The first-order valence-corrected chi connectivity index (χ1v) is 6.22. The molecule has 3 atom stereocenters. The molecular weight excluding hydrogens is 282 g/mol. The van der Waals surface area contributed by atoms with Gasteiger partial charge in [-0.3, -0.25) is 10.1 Å². The van der Waals surface area contributed by atoms with Crippen molar-refractivity contribution in [1.29, 1.82) is 0 Å². The van der Waals surface area contributed by atoms with Crippen LogP contribution in [-0.2, 0) is 4.79 Å². The third kappa shape index (κ3) is 2.06. The third-order valence-electron chi connectivity index (χ3n) is 2.98. The van der Waals surface area contributed by atoms with Gasteiger partial charge in [0.15, 0.2) is 0 Å². The molecule has 1 aliphatic heterocycles. The Morgan fingerprint density at radius 1 is 1.53 bits per heavy atom. The molecule has 5 heteroatoms. The molecule has 1 aliphatic carbocycles. The second-order valence-corrected chi connectivity index (χ2v) is 4.98. The number of carbonyl (C=O) groups is 1. The van der Waals surface area contributed by atoms with Crippen LogP contribution in [0.5, 0.6) is 0 Å². The number of pyridine rings is 1. The summed E-state index contributed by atoms with van der Waals surface area (Å²) < 4.78 is 0.707. The van der Waals surface area contributed by atoms with Gasteiger partial charge in [0.2, 0.25) is 5.91 Å². The van der Waals surface area contributed by atoms with E-state index in [0.717, 1.165) is 6.42 Å². The van der Waals surface area contributed by atoms with Gasteiger partial charge in [-0.05, 0) is 34.5 Å². The Hall–Kier alpha value is -1.38. The molecule has 0 radical (unpaired) electrons. The molecule has 17 heavy (non-hydrogen) atoms. The summed E-state index contributed by atoms with van der Waals surface area (Å²) in [5, 5.41) is 6.00. The Balaban J connectivity index is 1.64. The molecule has 1 fully saturated rings. The summed E-state index contributed by atoms with van der Waals surface area (Å²) in [6.07, 6.45) is 0.789. The molecule has 0 bridgehead atoms. The van der Waals surface area contributed by atoms with Gasteiger partial charge in [-0.25, -0.2) is 4.98 Å². The van der Waals surface area contributed by atoms with Crippen LogP contribution in [0, 0.1) is 17.8 Å². The Bertz CT molecular complexity index is 518. The zero-order chi connectivity index (χ0) is 11.8. The second-order valence-electron chi connectivity index (χ2n) is 4.16. The fourth-order valence-corrected chi connectivity index (χ4v) is 2.39. The van der Waals surface area contributed by atoms with E-state index < -0.39 is 0 Å². The highest BCUT2D eigenvalue weighted by Crippen LogP contribution is 2.25. The van der Waals surface area contributed by atoms with Crippen LogP contribution in [0.3, 0.4) is 0 Å². The highest BCUT2D eigenvalue weighted by Gasteiger charge is 2.39. The standard InChI is InChI=1S/C12H10BrN3O/c13-10-2-1-3-11(15-10)16-12(17)9-6-7-4-5-8(7)14-9/h1-3,7-9,14H,6H2,(H,15,16,17). The van der Waals surface area contributed by atoms with Crippen LogP contribution in [0.25, 0.3) is 0 Å². The molecule has 1 aromatic rings. The van der Waals surface area contributed by atoms with Crippen molar-refractivity contribution in [3.63, 3.8) is 0 Å². The summed E-state index contributed by atoms with van der Waals surface area (Å²) in [4.78, 5) is 16.1. The Morgan fingerprint density at radius 3 is 3.00 bits per heavy atom. The lowest BCUT2D eigenvalue weighted by atomic mass is 9.93. The van der Waals surface area contributed by atoms with Crippen molar-refractivity contribution in [1.82, 2.24) is 10.3 Å².